The van der Waals surface area contributed by atoms with Gasteiger partial charge in [0, 0.05) is 11.8 Å². The molecule has 1 saturated heterocycles. The molecule has 0 aliphatic carbocycles. The standard InChI is InChI=1S/C12H14FN3O3S/c13-9-5-11(16(18)19)8(4-10(9)14)12(17)15-6-7-2-1-3-20-7/h4-5,7H,1-3,6,14H2,(H,15,17). The number of thioether (sulfide) groups is 1. The third-order valence-corrected chi connectivity index (χ3v) is 4.47. The van der Waals surface area contributed by atoms with Crippen molar-refractivity contribution in [1.82, 2.24) is 5.32 Å². The SMILES string of the molecule is Nc1cc(C(=O)NCC2CCCS2)c([N+](=O)[O-])cc1F. The number of rotatable bonds is 4. The Balaban J connectivity index is 2.15. The average molecular weight is 299 g/mol. The summed E-state index contributed by atoms with van der Waals surface area (Å²) in [5.74, 6) is -0.444. The van der Waals surface area contributed by atoms with Crippen molar-refractivity contribution >= 4 is 29.0 Å². The molecule has 8 heteroatoms. The van der Waals surface area contributed by atoms with E-state index in [1.807, 2.05) is 0 Å². The smallest absolute Gasteiger partial charge is 0.285 e. The van der Waals surface area contributed by atoms with Gasteiger partial charge in [-0.15, -0.1) is 0 Å². The van der Waals surface area contributed by atoms with E-state index in [0.29, 0.717) is 17.9 Å². The number of benzene rings is 1. The van der Waals surface area contributed by atoms with E-state index in [2.05, 4.69) is 5.32 Å². The van der Waals surface area contributed by atoms with Gasteiger partial charge >= 0.3 is 0 Å². The van der Waals surface area contributed by atoms with Gasteiger partial charge in [-0.1, -0.05) is 0 Å². The van der Waals surface area contributed by atoms with Gasteiger partial charge in [0.15, 0.2) is 5.82 Å². The van der Waals surface area contributed by atoms with Gasteiger partial charge < -0.3 is 11.1 Å². The fraction of sp³-hybridized carbons (Fsp3) is 0.417. The fourth-order valence-electron chi connectivity index (χ4n) is 2.02. The van der Waals surface area contributed by atoms with Gasteiger partial charge in [0.1, 0.15) is 5.56 Å². The topological polar surface area (TPSA) is 98.3 Å². The molecule has 1 unspecified atom stereocenters. The fourth-order valence-corrected chi connectivity index (χ4v) is 3.22. The molecule has 6 nitrogen and oxygen atoms in total. The Morgan fingerprint density at radius 3 is 2.95 bits per heavy atom. The molecule has 1 fully saturated rings. The number of nitrogens with one attached hydrogen (secondary N) is 1. The molecular weight excluding hydrogens is 285 g/mol. The molecule has 1 atom stereocenters. The van der Waals surface area contributed by atoms with Crippen LogP contribution in [0.3, 0.4) is 0 Å². The van der Waals surface area contributed by atoms with E-state index in [0.717, 1.165) is 24.7 Å². The second-order valence-electron chi connectivity index (χ2n) is 4.49. The molecule has 3 N–H and O–H groups in total. The Morgan fingerprint density at radius 2 is 2.35 bits per heavy atom. The summed E-state index contributed by atoms with van der Waals surface area (Å²) < 4.78 is 13.2. The van der Waals surface area contributed by atoms with Crippen LogP contribution >= 0.6 is 11.8 Å². The largest absolute Gasteiger partial charge is 0.396 e. The zero-order valence-electron chi connectivity index (χ0n) is 10.6. The van der Waals surface area contributed by atoms with Crippen molar-refractivity contribution < 1.29 is 14.1 Å². The van der Waals surface area contributed by atoms with Gasteiger partial charge in [0.25, 0.3) is 11.6 Å². The lowest BCUT2D eigenvalue weighted by atomic mass is 10.1. The van der Waals surface area contributed by atoms with Crippen molar-refractivity contribution in [3.05, 3.63) is 33.6 Å². The summed E-state index contributed by atoms with van der Waals surface area (Å²) in [6, 6.07) is 1.68. The van der Waals surface area contributed by atoms with Crippen LogP contribution < -0.4 is 11.1 Å². The van der Waals surface area contributed by atoms with E-state index in [4.69, 9.17) is 5.73 Å². The minimum absolute atomic E-state index is 0.211. The van der Waals surface area contributed by atoms with Crippen LogP contribution in [0, 0.1) is 15.9 Å². The molecule has 1 aromatic rings. The molecule has 1 amide bonds. The Labute approximate surface area is 119 Å². The summed E-state index contributed by atoms with van der Waals surface area (Å²) in [5.41, 5.74) is 4.30. The molecular formula is C12H14FN3O3S. The van der Waals surface area contributed by atoms with Crippen LogP contribution in [-0.2, 0) is 0 Å². The van der Waals surface area contributed by atoms with Crippen molar-refractivity contribution in [3.63, 3.8) is 0 Å². The summed E-state index contributed by atoms with van der Waals surface area (Å²) in [5, 5.41) is 13.8. The minimum atomic E-state index is -0.903. The molecule has 0 spiro atoms. The molecule has 1 aliphatic rings. The van der Waals surface area contributed by atoms with E-state index in [9.17, 15) is 19.3 Å². The van der Waals surface area contributed by atoms with Crippen LogP contribution in [0.15, 0.2) is 12.1 Å². The summed E-state index contributed by atoms with van der Waals surface area (Å²) in [6.07, 6.45) is 2.12. The third kappa shape index (κ3) is 3.19. The molecule has 0 saturated carbocycles. The van der Waals surface area contributed by atoms with Crippen LogP contribution in [0.1, 0.15) is 23.2 Å². The number of carbonyl (C=O) groups is 1. The first-order chi connectivity index (χ1) is 9.49. The highest BCUT2D eigenvalue weighted by Crippen LogP contribution is 2.26. The van der Waals surface area contributed by atoms with Gasteiger partial charge in [0.2, 0.25) is 0 Å². The third-order valence-electron chi connectivity index (χ3n) is 3.07. The van der Waals surface area contributed by atoms with E-state index in [1.165, 1.54) is 0 Å². The number of halogens is 1. The lowest BCUT2D eigenvalue weighted by molar-refractivity contribution is -0.385. The molecule has 108 valence electrons. The first kappa shape index (κ1) is 14.6. The normalized spacial score (nSPS) is 17.9. The van der Waals surface area contributed by atoms with Crippen LogP contribution in [0.4, 0.5) is 15.8 Å². The maximum absolute atomic E-state index is 13.2. The zero-order chi connectivity index (χ0) is 14.7. The second-order valence-corrected chi connectivity index (χ2v) is 5.90. The number of nitrogen functional groups attached to an aromatic ring is 1. The Kier molecular flexibility index (Phi) is 4.43. The molecule has 1 aromatic carbocycles. The number of hydrogen-bond acceptors (Lipinski definition) is 5. The number of amides is 1. The maximum Gasteiger partial charge on any atom is 0.285 e. The maximum atomic E-state index is 13.2. The van der Waals surface area contributed by atoms with Crippen molar-refractivity contribution in [2.24, 2.45) is 0 Å². The lowest BCUT2D eigenvalue weighted by Crippen LogP contribution is -2.30. The monoisotopic (exact) mass is 299 g/mol. The molecule has 0 aromatic heterocycles. The quantitative estimate of drug-likeness (QED) is 0.503. The zero-order valence-corrected chi connectivity index (χ0v) is 11.4. The summed E-state index contributed by atoms with van der Waals surface area (Å²) in [4.78, 5) is 22.1. The van der Waals surface area contributed by atoms with E-state index in [-0.39, 0.29) is 11.3 Å². The summed E-state index contributed by atoms with van der Waals surface area (Å²) >= 11 is 1.76. The van der Waals surface area contributed by atoms with E-state index >= 15 is 0 Å². The van der Waals surface area contributed by atoms with Crippen molar-refractivity contribution in [2.75, 3.05) is 18.0 Å². The number of carbonyl (C=O) groups excluding carboxylic acids is 1. The minimum Gasteiger partial charge on any atom is -0.396 e. The van der Waals surface area contributed by atoms with Gasteiger partial charge in [-0.2, -0.15) is 11.8 Å². The Bertz CT molecular complexity index is 547. The summed E-state index contributed by atoms with van der Waals surface area (Å²) in [7, 11) is 0. The molecule has 0 bridgehead atoms. The van der Waals surface area contributed by atoms with Crippen LogP contribution in [0.25, 0.3) is 0 Å². The number of nitro groups is 1. The highest BCUT2D eigenvalue weighted by Gasteiger charge is 2.24. The first-order valence-electron chi connectivity index (χ1n) is 6.12. The number of nitrogens with zero attached hydrogens (tertiary/aromatic N) is 1. The predicted molar refractivity (Wildman–Crippen MR) is 75.3 cm³/mol. The van der Waals surface area contributed by atoms with Gasteiger partial charge in [0.05, 0.1) is 16.7 Å². The van der Waals surface area contributed by atoms with Gasteiger partial charge in [-0.25, -0.2) is 4.39 Å². The Hall–Kier alpha value is -1.83. The summed E-state index contributed by atoms with van der Waals surface area (Å²) in [6.45, 7) is 0.442. The molecule has 2 rings (SSSR count). The Morgan fingerprint density at radius 1 is 1.60 bits per heavy atom. The van der Waals surface area contributed by atoms with E-state index < -0.39 is 22.3 Å². The lowest BCUT2D eigenvalue weighted by Gasteiger charge is -2.10. The predicted octanol–water partition coefficient (Wildman–Crippen LogP) is 1.94. The second kappa shape index (κ2) is 6.08. The first-order valence-corrected chi connectivity index (χ1v) is 7.17. The molecule has 0 radical (unpaired) electrons. The average Bonchev–Trinajstić information content (AvgIpc) is 2.91. The highest BCUT2D eigenvalue weighted by molar-refractivity contribution is 8.00. The number of anilines is 1. The van der Waals surface area contributed by atoms with E-state index in [1.54, 1.807) is 11.8 Å². The van der Waals surface area contributed by atoms with Crippen LogP contribution in [0.2, 0.25) is 0 Å². The highest BCUT2D eigenvalue weighted by atomic mass is 32.2. The van der Waals surface area contributed by atoms with Crippen molar-refractivity contribution in [2.45, 2.75) is 18.1 Å². The van der Waals surface area contributed by atoms with Crippen molar-refractivity contribution in [1.29, 1.82) is 0 Å². The molecule has 20 heavy (non-hydrogen) atoms. The number of nitrogens with two attached hydrogens (primary N) is 1. The van der Waals surface area contributed by atoms with Crippen LogP contribution in [0.5, 0.6) is 0 Å². The van der Waals surface area contributed by atoms with Crippen LogP contribution in [-0.4, -0.2) is 28.4 Å². The van der Waals surface area contributed by atoms with Gasteiger partial charge in [-0.05, 0) is 24.7 Å². The number of hydrogen-bond donors (Lipinski definition) is 2. The molecule has 1 heterocycles. The number of nitro benzene ring substituents is 1. The molecule has 1 aliphatic heterocycles. The van der Waals surface area contributed by atoms with Gasteiger partial charge in [-0.3, -0.25) is 14.9 Å². The van der Waals surface area contributed by atoms with Crippen molar-refractivity contribution in [3.8, 4) is 0 Å².